The van der Waals surface area contributed by atoms with Gasteiger partial charge in [0.05, 0.1) is 56.3 Å². The lowest BCUT2D eigenvalue weighted by molar-refractivity contribution is -0.151. The number of ether oxygens (including phenoxy) is 4. The second-order valence-corrected chi connectivity index (χ2v) is 27.6. The van der Waals surface area contributed by atoms with Gasteiger partial charge >= 0.3 is 12.1 Å². The number of nitrogens with zero attached hydrogens (tertiary/aromatic N) is 4. The highest BCUT2D eigenvalue weighted by molar-refractivity contribution is 5.99. The molecule has 0 radical (unpaired) electrons. The van der Waals surface area contributed by atoms with E-state index in [9.17, 15) is 67.4 Å². The fraction of sp³-hybridized carbons (Fsp3) is 0.787. The molecular formula is C61H103N13O18. The minimum Gasteiger partial charge on any atom is -0.480 e. The predicted molar refractivity (Wildman–Crippen MR) is 332 cm³/mol. The molecule has 9 atom stereocenters. The zero-order valence-corrected chi connectivity index (χ0v) is 56.0. The van der Waals surface area contributed by atoms with Gasteiger partial charge in [-0.15, -0.1) is 0 Å². The zero-order valence-electron chi connectivity index (χ0n) is 56.0. The third-order valence-electron chi connectivity index (χ3n) is 15.3. The molecule has 11 N–H and O–H groups in total. The van der Waals surface area contributed by atoms with Crippen LogP contribution in [-0.2, 0) is 76.5 Å². The highest BCUT2D eigenvalue weighted by Crippen LogP contribution is 2.29. The van der Waals surface area contributed by atoms with E-state index in [1.807, 2.05) is 0 Å². The number of aliphatic carboxylic acids is 1. The van der Waals surface area contributed by atoms with Crippen LogP contribution in [-0.4, -0.2) is 251 Å². The van der Waals surface area contributed by atoms with Gasteiger partial charge in [0.2, 0.25) is 65.0 Å². The van der Waals surface area contributed by atoms with Gasteiger partial charge in [0.25, 0.3) is 0 Å². The monoisotopic (exact) mass is 1310 g/mol. The maximum Gasteiger partial charge on any atom is 0.407 e. The largest absolute Gasteiger partial charge is 0.480 e. The summed E-state index contributed by atoms with van der Waals surface area (Å²) in [4.78, 5) is 181. The van der Waals surface area contributed by atoms with E-state index in [-0.39, 0.29) is 97.7 Å². The van der Waals surface area contributed by atoms with Crippen LogP contribution in [0.1, 0.15) is 161 Å². The first kappa shape index (κ1) is 77.2. The number of hydrogen-bond donors (Lipinski definition) is 10. The fourth-order valence-electron chi connectivity index (χ4n) is 10.7. The summed E-state index contributed by atoms with van der Waals surface area (Å²) in [5, 5.41) is 30.5. The molecule has 92 heavy (non-hydrogen) atoms. The summed E-state index contributed by atoms with van der Waals surface area (Å²) in [6, 6.07) is -10.8. The molecule has 0 aromatic rings. The molecule has 0 aromatic carbocycles. The summed E-state index contributed by atoms with van der Waals surface area (Å²) in [6.45, 7) is 20.7. The van der Waals surface area contributed by atoms with Crippen molar-refractivity contribution in [3.05, 3.63) is 0 Å². The maximum atomic E-state index is 14.5. The number of nitrogens with one attached hydrogen (secondary N) is 8. The zero-order chi connectivity index (χ0) is 69.1. The van der Waals surface area contributed by atoms with Crippen LogP contribution >= 0.6 is 0 Å². The molecular weight excluding hydrogens is 1200 g/mol. The maximum absolute atomic E-state index is 14.5. The topological polar surface area (TPSA) is 414 Å². The van der Waals surface area contributed by atoms with Crippen molar-refractivity contribution in [2.75, 3.05) is 72.2 Å². The van der Waals surface area contributed by atoms with E-state index < -0.39 is 160 Å². The highest BCUT2D eigenvalue weighted by Gasteiger charge is 2.47. The molecule has 0 spiro atoms. The van der Waals surface area contributed by atoms with Gasteiger partial charge < -0.3 is 91.9 Å². The molecule has 520 valence electrons. The third-order valence-corrected chi connectivity index (χ3v) is 15.3. The Hall–Kier alpha value is -7.25. The molecule has 31 nitrogen and oxygen atoms in total. The normalized spacial score (nSPS) is 20.2. The van der Waals surface area contributed by atoms with Crippen molar-refractivity contribution in [2.45, 2.75) is 237 Å². The lowest BCUT2D eigenvalue weighted by Gasteiger charge is -2.35. The quantitative estimate of drug-likeness (QED) is 0.0378. The van der Waals surface area contributed by atoms with E-state index in [0.29, 0.717) is 38.5 Å². The molecule has 0 aromatic heterocycles. The number of rotatable bonds is 30. The molecule has 0 unspecified atom stereocenters. The van der Waals surface area contributed by atoms with E-state index in [1.165, 1.54) is 26.5 Å². The lowest BCUT2D eigenvalue weighted by atomic mass is 10.1. The minimum absolute atomic E-state index is 0.00439. The van der Waals surface area contributed by atoms with E-state index in [0.717, 1.165) is 0 Å². The summed E-state index contributed by atoms with van der Waals surface area (Å²) in [6.07, 6.45) is 2.87. The molecule has 4 rings (SSSR count). The van der Waals surface area contributed by atoms with Gasteiger partial charge in [-0.2, -0.15) is 0 Å². The Morgan fingerprint density at radius 1 is 0.478 bits per heavy atom. The molecule has 4 fully saturated rings. The van der Waals surface area contributed by atoms with Gasteiger partial charge in [0.15, 0.2) is 0 Å². The molecule has 0 saturated carbocycles. The second-order valence-electron chi connectivity index (χ2n) is 27.6. The van der Waals surface area contributed by atoms with Crippen molar-refractivity contribution in [1.82, 2.24) is 62.1 Å². The van der Waals surface area contributed by atoms with Gasteiger partial charge in [0.1, 0.15) is 60.0 Å². The SMILES string of the molecule is C[C@H](NC(=O)CNC(=O)[C@H](COC(C)(C)C)NC(=O)[C@H](COC(C)(C)C)NC(=O)[C@@H]1CCCN1C(=O)CNC(=O)CN)C(=O)N1CCC[C@H]1C(=O)N1CCC[C@H]1C(=O)N1CCC[C@H]1C(=O)N[C@@H](COC(C)(C)C)C(=O)N[C@@H](CCCCNC(=O)OC(C)(C)C)C(=O)O. The van der Waals surface area contributed by atoms with Crippen LogP contribution in [0.3, 0.4) is 0 Å². The van der Waals surface area contributed by atoms with E-state index in [2.05, 4.69) is 42.5 Å². The Balaban J connectivity index is 1.38. The molecule has 0 bridgehead atoms. The van der Waals surface area contributed by atoms with Gasteiger partial charge in [-0.1, -0.05) is 0 Å². The van der Waals surface area contributed by atoms with Crippen LogP contribution in [0.4, 0.5) is 4.79 Å². The van der Waals surface area contributed by atoms with Crippen LogP contribution in [0.25, 0.3) is 0 Å². The Labute approximate surface area is 539 Å². The molecule has 31 heteroatoms. The molecule has 4 aliphatic heterocycles. The van der Waals surface area contributed by atoms with E-state index in [1.54, 1.807) is 83.1 Å². The number of amides is 12. The number of unbranched alkanes of at least 4 members (excludes halogenated alkanes) is 1. The summed E-state index contributed by atoms with van der Waals surface area (Å²) < 4.78 is 22.9. The van der Waals surface area contributed by atoms with Crippen LogP contribution in [0.15, 0.2) is 0 Å². The number of alkyl carbamates (subject to hydrolysis) is 1. The van der Waals surface area contributed by atoms with E-state index in [4.69, 9.17) is 24.7 Å². The van der Waals surface area contributed by atoms with Gasteiger partial charge in [-0.25, -0.2) is 9.59 Å². The van der Waals surface area contributed by atoms with E-state index >= 15 is 0 Å². The fourth-order valence-corrected chi connectivity index (χ4v) is 10.7. The summed E-state index contributed by atoms with van der Waals surface area (Å²) >= 11 is 0. The third kappa shape index (κ3) is 25.3. The van der Waals surface area contributed by atoms with Crippen molar-refractivity contribution in [1.29, 1.82) is 0 Å². The van der Waals surface area contributed by atoms with Crippen molar-refractivity contribution < 1.29 is 86.4 Å². The minimum atomic E-state index is -1.43. The van der Waals surface area contributed by atoms with Crippen molar-refractivity contribution in [3.8, 4) is 0 Å². The molecule has 4 aliphatic rings. The average Bonchev–Trinajstić information content (AvgIpc) is 1.62. The van der Waals surface area contributed by atoms with Gasteiger partial charge in [-0.3, -0.25) is 52.7 Å². The first-order valence-electron chi connectivity index (χ1n) is 31.9. The molecule has 4 heterocycles. The van der Waals surface area contributed by atoms with Gasteiger partial charge in [-0.05, 0) is 161 Å². The Bertz CT molecular complexity index is 2630. The number of hydrogen-bond acceptors (Lipinski definition) is 18. The Morgan fingerprint density at radius 2 is 0.902 bits per heavy atom. The Kier molecular flexibility index (Phi) is 29.0. The Morgan fingerprint density at radius 3 is 1.37 bits per heavy atom. The molecule has 4 saturated heterocycles. The number of carbonyl (C=O) groups excluding carboxylic acids is 12. The molecule has 0 aliphatic carbocycles. The van der Waals surface area contributed by atoms with Crippen molar-refractivity contribution >= 4 is 77.0 Å². The van der Waals surface area contributed by atoms with Gasteiger partial charge in [0, 0.05) is 32.7 Å². The highest BCUT2D eigenvalue weighted by atomic mass is 16.6. The first-order chi connectivity index (χ1) is 42.8. The average molecular weight is 1310 g/mol. The number of carbonyl (C=O) groups is 13. The summed E-state index contributed by atoms with van der Waals surface area (Å²) in [5.41, 5.74) is 2.28. The van der Waals surface area contributed by atoms with Crippen molar-refractivity contribution in [3.63, 3.8) is 0 Å². The summed E-state index contributed by atoms with van der Waals surface area (Å²) in [5.74, 6) is -8.65. The van der Waals surface area contributed by atoms with Crippen LogP contribution in [0.2, 0.25) is 0 Å². The van der Waals surface area contributed by atoms with Crippen LogP contribution in [0.5, 0.6) is 0 Å². The molecule has 12 amide bonds. The second kappa shape index (κ2) is 34.6. The number of likely N-dealkylation sites (tertiary alicyclic amines) is 4. The first-order valence-corrected chi connectivity index (χ1v) is 31.9. The van der Waals surface area contributed by atoms with Crippen LogP contribution in [0, 0.1) is 0 Å². The predicted octanol–water partition coefficient (Wildman–Crippen LogP) is -1.19. The van der Waals surface area contributed by atoms with Crippen molar-refractivity contribution in [2.24, 2.45) is 5.73 Å². The number of carboxylic acids is 1. The lowest BCUT2D eigenvalue weighted by Crippen LogP contribution is -2.60. The van der Waals surface area contributed by atoms with Crippen LogP contribution < -0.4 is 48.3 Å². The standard InChI is InChI=1S/C61H103N13O18/c1-36(66-46(76)31-65-48(78)38(33-89-58(2,3)4)68-50(80)40(35-91-60(8,9)10)69-51(81)41-21-16-26-71(41)47(77)32-64-45(75)30-62)53(83)73-28-18-23-43(73)55(85)74-29-19-24-44(74)54(84)72-27-17-22-42(72)52(82)70-39(34-90-59(5,6)7)49(79)67-37(56(86)87)20-14-15-25-63-57(88)92-61(11,12)13/h36-44H,14-35,62H2,1-13H3,(H,63,88)(H,64,75)(H,65,78)(H,66,76)(H,67,79)(H,68,80)(H,69,81)(H,70,82)(H,86,87)/t36-,37-,38-,39-,40-,41-,42-,43-,44-/m0/s1. The number of nitrogens with two attached hydrogens (primary N) is 1. The summed E-state index contributed by atoms with van der Waals surface area (Å²) in [7, 11) is 0. The smallest absolute Gasteiger partial charge is 0.407 e. The number of carboxylic acid groups (broad SMARTS) is 1.